The number of halogens is 2. The first-order valence-corrected chi connectivity index (χ1v) is 8.04. The Balaban J connectivity index is 1.75. The molecule has 21 heavy (non-hydrogen) atoms. The lowest BCUT2D eigenvalue weighted by Gasteiger charge is -2.34. The summed E-state index contributed by atoms with van der Waals surface area (Å²) in [5.74, 6) is 0.513. The molecule has 0 amide bonds. The van der Waals surface area contributed by atoms with Crippen molar-refractivity contribution in [3.8, 4) is 5.75 Å². The van der Waals surface area contributed by atoms with E-state index < -0.39 is 6.10 Å². The normalized spacial score (nSPS) is 18.7. The van der Waals surface area contributed by atoms with Gasteiger partial charge in [0.25, 0.3) is 0 Å². The number of benzene rings is 1. The van der Waals surface area contributed by atoms with E-state index in [0.717, 1.165) is 32.7 Å². The van der Waals surface area contributed by atoms with Gasteiger partial charge in [-0.2, -0.15) is 0 Å². The minimum atomic E-state index is -0.534. The molecule has 2 rings (SSSR count). The van der Waals surface area contributed by atoms with Gasteiger partial charge in [0.2, 0.25) is 0 Å². The summed E-state index contributed by atoms with van der Waals surface area (Å²) < 4.78 is 5.56. The SMILES string of the molecule is CCN1CCN(C[C@@H](O)COc2cc(Cl)ccc2Cl)CC1. The molecule has 1 saturated heterocycles. The summed E-state index contributed by atoms with van der Waals surface area (Å²) in [5, 5.41) is 11.2. The minimum absolute atomic E-state index is 0.216. The molecule has 0 aliphatic carbocycles. The first-order chi connectivity index (χ1) is 10.1. The van der Waals surface area contributed by atoms with Crippen LogP contribution in [0.15, 0.2) is 18.2 Å². The number of ether oxygens (including phenoxy) is 1. The largest absolute Gasteiger partial charge is 0.489 e. The average Bonchev–Trinajstić information content (AvgIpc) is 2.49. The Hall–Kier alpha value is -0.520. The zero-order valence-electron chi connectivity index (χ0n) is 12.3. The molecule has 0 saturated carbocycles. The number of hydrogen-bond acceptors (Lipinski definition) is 4. The van der Waals surface area contributed by atoms with Crippen LogP contribution in [0.1, 0.15) is 6.92 Å². The molecule has 0 spiro atoms. The average molecular weight is 333 g/mol. The Kier molecular flexibility index (Phi) is 6.58. The van der Waals surface area contributed by atoms with E-state index in [4.69, 9.17) is 27.9 Å². The molecule has 0 unspecified atom stereocenters. The second kappa shape index (κ2) is 8.20. The molecule has 1 heterocycles. The highest BCUT2D eigenvalue weighted by atomic mass is 35.5. The maximum absolute atomic E-state index is 10.1. The molecule has 0 aromatic heterocycles. The second-order valence-corrected chi connectivity index (χ2v) is 6.12. The zero-order chi connectivity index (χ0) is 15.2. The van der Waals surface area contributed by atoms with Crippen LogP contribution in [0, 0.1) is 0 Å². The van der Waals surface area contributed by atoms with Gasteiger partial charge >= 0.3 is 0 Å². The summed E-state index contributed by atoms with van der Waals surface area (Å²) in [5.41, 5.74) is 0. The van der Waals surface area contributed by atoms with Gasteiger partial charge in [-0.05, 0) is 18.7 Å². The maximum Gasteiger partial charge on any atom is 0.139 e. The Labute approximate surface area is 136 Å². The van der Waals surface area contributed by atoms with Crippen molar-refractivity contribution in [1.82, 2.24) is 9.80 Å². The number of aliphatic hydroxyl groups excluding tert-OH is 1. The van der Waals surface area contributed by atoms with E-state index in [9.17, 15) is 5.11 Å². The molecule has 1 aliphatic rings. The molecule has 1 aliphatic heterocycles. The van der Waals surface area contributed by atoms with Crippen molar-refractivity contribution in [2.45, 2.75) is 13.0 Å². The van der Waals surface area contributed by atoms with Crippen LogP contribution in [0.4, 0.5) is 0 Å². The van der Waals surface area contributed by atoms with E-state index in [2.05, 4.69) is 16.7 Å². The quantitative estimate of drug-likeness (QED) is 0.867. The highest BCUT2D eigenvalue weighted by Crippen LogP contribution is 2.27. The third-order valence-electron chi connectivity index (χ3n) is 3.71. The molecular formula is C15H22Cl2N2O2. The van der Waals surface area contributed by atoms with E-state index >= 15 is 0 Å². The number of piperazine rings is 1. The summed E-state index contributed by atoms with van der Waals surface area (Å²) >= 11 is 11.9. The molecule has 1 fully saturated rings. The van der Waals surface area contributed by atoms with Crippen LogP contribution < -0.4 is 4.74 Å². The standard InChI is InChI=1S/C15H22Cl2N2O2/c1-2-18-5-7-19(8-6-18)10-13(20)11-21-15-9-12(16)3-4-14(15)17/h3-4,9,13,20H,2,5-8,10-11H2,1H3/t13-/m1/s1. The molecule has 1 aromatic carbocycles. The number of likely N-dealkylation sites (N-methyl/N-ethyl adjacent to an activating group) is 1. The van der Waals surface area contributed by atoms with Crippen molar-refractivity contribution >= 4 is 23.2 Å². The number of β-amino-alcohol motifs (C(OH)–C–C–N with tert-alkyl or cyclic N) is 1. The maximum atomic E-state index is 10.1. The van der Waals surface area contributed by atoms with Crippen LogP contribution in [0.5, 0.6) is 5.75 Å². The van der Waals surface area contributed by atoms with E-state index in [1.807, 2.05) is 0 Å². The molecular weight excluding hydrogens is 311 g/mol. The van der Waals surface area contributed by atoms with Crippen molar-refractivity contribution in [2.24, 2.45) is 0 Å². The van der Waals surface area contributed by atoms with Gasteiger partial charge in [-0.25, -0.2) is 0 Å². The monoisotopic (exact) mass is 332 g/mol. The topological polar surface area (TPSA) is 35.9 Å². The van der Waals surface area contributed by atoms with Crippen molar-refractivity contribution in [3.63, 3.8) is 0 Å². The molecule has 1 aromatic rings. The van der Waals surface area contributed by atoms with Crippen molar-refractivity contribution in [3.05, 3.63) is 28.2 Å². The fraction of sp³-hybridized carbons (Fsp3) is 0.600. The van der Waals surface area contributed by atoms with Gasteiger partial charge in [0.15, 0.2) is 0 Å². The van der Waals surface area contributed by atoms with Gasteiger partial charge in [0.05, 0.1) is 5.02 Å². The number of aliphatic hydroxyl groups is 1. The van der Waals surface area contributed by atoms with Crippen LogP contribution >= 0.6 is 23.2 Å². The third kappa shape index (κ3) is 5.31. The summed E-state index contributed by atoms with van der Waals surface area (Å²) in [6.07, 6.45) is -0.534. The van der Waals surface area contributed by atoms with Crippen molar-refractivity contribution in [2.75, 3.05) is 45.9 Å². The highest BCUT2D eigenvalue weighted by Gasteiger charge is 2.18. The molecule has 6 heteroatoms. The Morgan fingerprint density at radius 1 is 1.19 bits per heavy atom. The lowest BCUT2D eigenvalue weighted by Crippen LogP contribution is -2.49. The lowest BCUT2D eigenvalue weighted by atomic mass is 10.2. The van der Waals surface area contributed by atoms with Crippen LogP contribution in [-0.2, 0) is 0 Å². The van der Waals surface area contributed by atoms with Crippen molar-refractivity contribution in [1.29, 1.82) is 0 Å². The number of rotatable bonds is 6. The fourth-order valence-electron chi connectivity index (χ4n) is 2.41. The van der Waals surface area contributed by atoms with Crippen LogP contribution in [0.25, 0.3) is 0 Å². The molecule has 118 valence electrons. The smallest absolute Gasteiger partial charge is 0.139 e. The molecule has 1 atom stereocenters. The molecule has 4 nitrogen and oxygen atoms in total. The minimum Gasteiger partial charge on any atom is -0.489 e. The Morgan fingerprint density at radius 3 is 2.52 bits per heavy atom. The summed E-state index contributed by atoms with van der Waals surface area (Å²) in [4.78, 5) is 4.67. The first-order valence-electron chi connectivity index (χ1n) is 7.29. The van der Waals surface area contributed by atoms with Crippen LogP contribution in [0.2, 0.25) is 10.0 Å². The molecule has 1 N–H and O–H groups in total. The number of nitrogens with zero attached hydrogens (tertiary/aromatic N) is 2. The lowest BCUT2D eigenvalue weighted by molar-refractivity contribution is 0.0471. The summed E-state index contributed by atoms with van der Waals surface area (Å²) in [7, 11) is 0. The van der Waals surface area contributed by atoms with Gasteiger partial charge in [-0.1, -0.05) is 30.1 Å². The summed E-state index contributed by atoms with van der Waals surface area (Å²) in [6.45, 7) is 8.20. The van der Waals surface area contributed by atoms with E-state index in [0.29, 0.717) is 22.3 Å². The molecule has 0 radical (unpaired) electrons. The third-order valence-corrected chi connectivity index (χ3v) is 4.25. The molecule has 0 bridgehead atoms. The van der Waals surface area contributed by atoms with E-state index in [1.165, 1.54) is 0 Å². The Morgan fingerprint density at radius 2 is 1.86 bits per heavy atom. The van der Waals surface area contributed by atoms with Gasteiger partial charge in [-0.15, -0.1) is 0 Å². The van der Waals surface area contributed by atoms with Gasteiger partial charge < -0.3 is 14.7 Å². The van der Waals surface area contributed by atoms with Crippen molar-refractivity contribution < 1.29 is 9.84 Å². The second-order valence-electron chi connectivity index (χ2n) is 5.27. The van der Waals surface area contributed by atoms with Gasteiger partial charge in [0, 0.05) is 43.8 Å². The first kappa shape index (κ1) is 16.8. The predicted molar refractivity (Wildman–Crippen MR) is 86.5 cm³/mol. The fourth-order valence-corrected chi connectivity index (χ4v) is 2.75. The number of hydrogen-bond donors (Lipinski definition) is 1. The predicted octanol–water partition coefficient (Wildman–Crippen LogP) is 2.37. The summed E-state index contributed by atoms with van der Waals surface area (Å²) in [6, 6.07) is 5.06. The van der Waals surface area contributed by atoms with Gasteiger partial charge in [-0.3, -0.25) is 4.90 Å². The van der Waals surface area contributed by atoms with Crippen LogP contribution in [-0.4, -0.2) is 66.9 Å². The van der Waals surface area contributed by atoms with E-state index in [1.54, 1.807) is 18.2 Å². The van der Waals surface area contributed by atoms with E-state index in [-0.39, 0.29) is 6.61 Å². The zero-order valence-corrected chi connectivity index (χ0v) is 13.8. The van der Waals surface area contributed by atoms with Gasteiger partial charge in [0.1, 0.15) is 18.5 Å². The highest BCUT2D eigenvalue weighted by molar-refractivity contribution is 6.34. The van der Waals surface area contributed by atoms with Crippen LogP contribution in [0.3, 0.4) is 0 Å². The Bertz CT molecular complexity index is 451.